The molecule has 0 aromatic heterocycles. The van der Waals surface area contributed by atoms with Crippen molar-refractivity contribution in [3.63, 3.8) is 0 Å². The van der Waals surface area contributed by atoms with Crippen LogP contribution in [0.15, 0.2) is 65.6 Å². The summed E-state index contributed by atoms with van der Waals surface area (Å²) in [5, 5.41) is 10.6. The van der Waals surface area contributed by atoms with E-state index in [1.807, 2.05) is 18.2 Å². The van der Waals surface area contributed by atoms with E-state index in [4.69, 9.17) is 4.74 Å². The van der Waals surface area contributed by atoms with Crippen molar-refractivity contribution >= 4 is 32.5 Å². The molecule has 3 rings (SSSR count). The van der Waals surface area contributed by atoms with E-state index in [1.165, 1.54) is 24.3 Å². The van der Waals surface area contributed by atoms with Crippen LogP contribution in [0.3, 0.4) is 0 Å². The van der Waals surface area contributed by atoms with Crippen molar-refractivity contribution < 1.29 is 27.9 Å². The molecule has 0 saturated heterocycles. The summed E-state index contributed by atoms with van der Waals surface area (Å²) in [5.74, 6) is -2.49. The summed E-state index contributed by atoms with van der Waals surface area (Å²) in [7, 11) is -3.71. The highest BCUT2D eigenvalue weighted by atomic mass is 32.2. The minimum absolute atomic E-state index is 0.180. The summed E-state index contributed by atoms with van der Waals surface area (Å²) in [5.41, 5.74) is 0.112. The number of sulfone groups is 1. The average Bonchev–Trinajstić information content (AvgIpc) is 2.60. The van der Waals surface area contributed by atoms with Gasteiger partial charge in [0.1, 0.15) is 11.3 Å². The number of carbonyl (C=O) groups is 2. The molecule has 0 aliphatic heterocycles. The highest BCUT2D eigenvalue weighted by Gasteiger charge is 2.20. The number of rotatable bonds is 5. The van der Waals surface area contributed by atoms with Gasteiger partial charge in [0.25, 0.3) is 0 Å². The minimum atomic E-state index is -3.71. The molecule has 6 nitrogen and oxygen atoms in total. The lowest BCUT2D eigenvalue weighted by Gasteiger charge is -2.11. The highest BCUT2D eigenvalue weighted by Crippen LogP contribution is 2.28. The number of esters is 1. The van der Waals surface area contributed by atoms with E-state index in [2.05, 4.69) is 0 Å². The third-order valence-electron chi connectivity index (χ3n) is 3.97. The normalized spacial score (nSPS) is 11.3. The molecule has 0 aliphatic rings. The number of benzene rings is 3. The predicted octanol–water partition coefficient (Wildman–Crippen LogP) is 3.44. The molecule has 0 aliphatic carbocycles. The lowest BCUT2D eigenvalue weighted by atomic mass is 10.1. The Hall–Kier alpha value is -3.19. The van der Waals surface area contributed by atoms with Gasteiger partial charge in [0.15, 0.2) is 9.84 Å². The van der Waals surface area contributed by atoms with Crippen LogP contribution in [0.5, 0.6) is 5.75 Å². The fourth-order valence-corrected chi connectivity index (χ4v) is 4.42. The predicted molar refractivity (Wildman–Crippen MR) is 99.5 cm³/mol. The topological polar surface area (TPSA) is 97.7 Å². The fraction of sp³-hybridized carbons (Fsp3) is 0.100. The van der Waals surface area contributed by atoms with Crippen LogP contribution in [0.1, 0.15) is 22.8 Å². The highest BCUT2D eigenvalue weighted by molar-refractivity contribution is 7.90. The van der Waals surface area contributed by atoms with Crippen LogP contribution in [0.2, 0.25) is 0 Å². The van der Waals surface area contributed by atoms with Gasteiger partial charge in [-0.25, -0.2) is 13.2 Å². The Bertz CT molecular complexity index is 1140. The van der Waals surface area contributed by atoms with Crippen molar-refractivity contribution in [2.24, 2.45) is 0 Å². The van der Waals surface area contributed by atoms with Crippen LogP contribution < -0.4 is 4.74 Å². The zero-order chi connectivity index (χ0) is 19.6. The lowest BCUT2D eigenvalue weighted by molar-refractivity contribution is -0.131. The van der Waals surface area contributed by atoms with E-state index in [-0.39, 0.29) is 22.0 Å². The Morgan fingerprint density at radius 3 is 2.41 bits per heavy atom. The van der Waals surface area contributed by atoms with Crippen molar-refractivity contribution in [1.29, 1.82) is 0 Å². The first-order valence-electron chi connectivity index (χ1n) is 8.03. The number of hydrogen-bond acceptors (Lipinski definition) is 5. The third-order valence-corrected chi connectivity index (χ3v) is 5.71. The van der Waals surface area contributed by atoms with Crippen molar-refractivity contribution in [3.8, 4) is 5.75 Å². The van der Waals surface area contributed by atoms with Crippen LogP contribution >= 0.6 is 0 Å². The molecule has 0 saturated carbocycles. The van der Waals surface area contributed by atoms with E-state index in [1.54, 1.807) is 18.2 Å². The number of carboxylic acid groups (broad SMARTS) is 1. The molecule has 3 aromatic carbocycles. The van der Waals surface area contributed by atoms with Gasteiger partial charge in [-0.3, -0.25) is 4.79 Å². The summed E-state index contributed by atoms with van der Waals surface area (Å²) in [6, 6.07) is 16.1. The van der Waals surface area contributed by atoms with Crippen molar-refractivity contribution in [2.45, 2.75) is 17.6 Å². The van der Waals surface area contributed by atoms with Gasteiger partial charge < -0.3 is 9.84 Å². The minimum Gasteiger partial charge on any atom is -0.478 e. The maximum atomic E-state index is 12.9. The van der Waals surface area contributed by atoms with E-state index < -0.39 is 21.8 Å². The maximum Gasteiger partial charge on any atom is 0.339 e. The second-order valence-corrected chi connectivity index (χ2v) is 7.92. The Labute approximate surface area is 155 Å². The van der Waals surface area contributed by atoms with E-state index in [0.717, 1.165) is 12.3 Å². The molecular formula is C20H16O6S. The van der Waals surface area contributed by atoms with Crippen LogP contribution in [0.25, 0.3) is 10.8 Å². The molecule has 0 heterocycles. The Morgan fingerprint density at radius 2 is 1.70 bits per heavy atom. The zero-order valence-corrected chi connectivity index (χ0v) is 15.2. The van der Waals surface area contributed by atoms with Crippen LogP contribution in [0, 0.1) is 0 Å². The lowest BCUT2D eigenvalue weighted by Crippen LogP contribution is -2.10. The Morgan fingerprint density at radius 1 is 1.00 bits per heavy atom. The quantitative estimate of drug-likeness (QED) is 0.535. The molecule has 0 atom stereocenters. The number of carbonyl (C=O) groups excluding carboxylic acids is 1. The maximum absolute atomic E-state index is 12.9. The van der Waals surface area contributed by atoms with Crippen molar-refractivity contribution in [2.75, 3.05) is 0 Å². The summed E-state index contributed by atoms with van der Waals surface area (Å²) in [6.07, 6.45) is 0. The second kappa shape index (κ2) is 7.20. The summed E-state index contributed by atoms with van der Waals surface area (Å²) in [6.45, 7) is 1.14. The van der Waals surface area contributed by atoms with Gasteiger partial charge >= 0.3 is 11.9 Å². The number of fused-ring (bicyclic) bond motifs is 1. The summed E-state index contributed by atoms with van der Waals surface area (Å²) >= 11 is 0. The van der Waals surface area contributed by atoms with E-state index in [9.17, 15) is 23.1 Å². The van der Waals surface area contributed by atoms with E-state index in [0.29, 0.717) is 10.9 Å². The Balaban J connectivity index is 2.03. The molecule has 0 fully saturated rings. The largest absolute Gasteiger partial charge is 0.478 e. The molecule has 7 heteroatoms. The zero-order valence-electron chi connectivity index (χ0n) is 14.4. The van der Waals surface area contributed by atoms with E-state index >= 15 is 0 Å². The van der Waals surface area contributed by atoms with Gasteiger partial charge in [-0.1, -0.05) is 42.5 Å². The van der Waals surface area contributed by atoms with Gasteiger partial charge in [-0.05, 0) is 29.1 Å². The van der Waals surface area contributed by atoms with Crippen LogP contribution in [-0.2, 0) is 20.4 Å². The number of hydrogen-bond donors (Lipinski definition) is 1. The molecule has 3 aromatic rings. The van der Waals surface area contributed by atoms with Crippen molar-refractivity contribution in [1.82, 2.24) is 0 Å². The first kappa shape index (κ1) is 18.6. The first-order valence-corrected chi connectivity index (χ1v) is 9.68. The van der Waals surface area contributed by atoms with Gasteiger partial charge in [-0.2, -0.15) is 0 Å². The molecule has 1 N–H and O–H groups in total. The Kier molecular flexibility index (Phi) is 4.96. The third kappa shape index (κ3) is 3.98. The van der Waals surface area contributed by atoms with Gasteiger partial charge in [0.05, 0.1) is 10.6 Å². The molecule has 27 heavy (non-hydrogen) atoms. The molecule has 0 amide bonds. The molecule has 0 radical (unpaired) electrons. The molecule has 0 spiro atoms. The van der Waals surface area contributed by atoms with Gasteiger partial charge in [0, 0.05) is 12.3 Å². The van der Waals surface area contributed by atoms with Crippen LogP contribution in [-0.4, -0.2) is 25.5 Å². The SMILES string of the molecule is CC(=O)Oc1cc(CS(=O)(=O)c2cccc3ccccc23)ccc1C(=O)O. The molecule has 138 valence electrons. The van der Waals surface area contributed by atoms with Crippen LogP contribution in [0.4, 0.5) is 0 Å². The first-order chi connectivity index (χ1) is 12.8. The molecule has 0 unspecified atom stereocenters. The van der Waals surface area contributed by atoms with Gasteiger partial charge in [0.2, 0.25) is 0 Å². The molecular weight excluding hydrogens is 368 g/mol. The second-order valence-electron chi connectivity index (χ2n) is 5.97. The standard InChI is InChI=1S/C20H16O6S/c1-13(21)26-18-11-14(9-10-17(18)20(22)23)12-27(24,25)19-8-4-6-15-5-2-3-7-16(15)19/h2-11H,12H2,1H3,(H,22,23). The summed E-state index contributed by atoms with van der Waals surface area (Å²) < 4.78 is 30.8. The number of ether oxygens (including phenoxy) is 1. The molecule has 0 bridgehead atoms. The van der Waals surface area contributed by atoms with Gasteiger partial charge in [-0.15, -0.1) is 0 Å². The monoisotopic (exact) mass is 384 g/mol. The fourth-order valence-electron chi connectivity index (χ4n) is 2.84. The smallest absolute Gasteiger partial charge is 0.339 e. The van der Waals surface area contributed by atoms with Crippen molar-refractivity contribution in [3.05, 3.63) is 71.8 Å². The number of aromatic carboxylic acids is 1. The number of carboxylic acids is 1. The average molecular weight is 384 g/mol. The summed E-state index contributed by atoms with van der Waals surface area (Å²) in [4.78, 5) is 22.7.